The number of rotatable bonds is 6. The van der Waals surface area contributed by atoms with E-state index in [-0.39, 0.29) is 23.1 Å². The molecule has 170 valence electrons. The van der Waals surface area contributed by atoms with Gasteiger partial charge in [0, 0.05) is 51.0 Å². The van der Waals surface area contributed by atoms with Crippen molar-refractivity contribution in [3.63, 3.8) is 0 Å². The highest BCUT2D eigenvalue weighted by atomic mass is 16.6. The van der Waals surface area contributed by atoms with Gasteiger partial charge in [0.2, 0.25) is 0 Å². The lowest BCUT2D eigenvalue weighted by Gasteiger charge is -2.36. The number of anilines is 2. The van der Waals surface area contributed by atoms with E-state index in [4.69, 9.17) is 9.47 Å². The van der Waals surface area contributed by atoms with Crippen LogP contribution in [0.2, 0.25) is 0 Å². The average molecular weight is 441 g/mol. The quantitative estimate of drug-likeness (QED) is 0.504. The second kappa shape index (κ2) is 9.86. The van der Waals surface area contributed by atoms with Crippen LogP contribution in [0.25, 0.3) is 0 Å². The summed E-state index contributed by atoms with van der Waals surface area (Å²) in [7, 11) is 0. The summed E-state index contributed by atoms with van der Waals surface area (Å²) in [6.07, 6.45) is 0. The molecule has 4 rings (SSSR count). The average Bonchev–Trinajstić information content (AvgIpc) is 2.83. The molecule has 0 aliphatic carbocycles. The predicted molar refractivity (Wildman–Crippen MR) is 122 cm³/mol. The fourth-order valence-electron chi connectivity index (χ4n) is 4.01. The van der Waals surface area contributed by atoms with Crippen molar-refractivity contribution in [2.45, 2.75) is 6.92 Å². The maximum atomic E-state index is 12.6. The second-order valence-electron chi connectivity index (χ2n) is 8.00. The van der Waals surface area contributed by atoms with E-state index in [0.29, 0.717) is 63.9 Å². The molecule has 32 heavy (non-hydrogen) atoms. The standard InChI is InChI=1S/C23H28N4O5/c1-18-2-5-20(6-3-18)32-17-23(28)26-10-8-24(9-11-26)19-4-7-21(27(29)30)22(16-19)25-12-14-31-15-13-25/h2-7,16H,8-15,17H2,1H3. The number of morpholine rings is 1. The molecule has 9 heteroatoms. The molecular weight excluding hydrogens is 412 g/mol. The summed E-state index contributed by atoms with van der Waals surface area (Å²) in [5.74, 6) is 0.645. The Morgan fingerprint density at radius 2 is 1.69 bits per heavy atom. The molecule has 0 N–H and O–H groups in total. The van der Waals surface area contributed by atoms with Gasteiger partial charge < -0.3 is 24.2 Å². The molecule has 9 nitrogen and oxygen atoms in total. The van der Waals surface area contributed by atoms with Gasteiger partial charge in [0.25, 0.3) is 11.6 Å². The lowest BCUT2D eigenvalue weighted by molar-refractivity contribution is -0.384. The summed E-state index contributed by atoms with van der Waals surface area (Å²) in [6.45, 7) is 6.90. The van der Waals surface area contributed by atoms with Gasteiger partial charge in [0.15, 0.2) is 6.61 Å². The lowest BCUT2D eigenvalue weighted by Crippen LogP contribution is -2.50. The Morgan fingerprint density at radius 1 is 1.00 bits per heavy atom. The normalized spacial score (nSPS) is 16.7. The number of hydrogen-bond donors (Lipinski definition) is 0. The van der Waals surface area contributed by atoms with Crippen LogP contribution in [0, 0.1) is 17.0 Å². The largest absolute Gasteiger partial charge is 0.484 e. The van der Waals surface area contributed by atoms with Gasteiger partial charge in [-0.15, -0.1) is 0 Å². The van der Waals surface area contributed by atoms with E-state index in [2.05, 4.69) is 4.90 Å². The molecular formula is C23H28N4O5. The highest BCUT2D eigenvalue weighted by Crippen LogP contribution is 2.33. The van der Waals surface area contributed by atoms with Gasteiger partial charge in [0.1, 0.15) is 11.4 Å². The van der Waals surface area contributed by atoms with Crippen LogP contribution in [0.4, 0.5) is 17.1 Å². The van der Waals surface area contributed by atoms with E-state index in [1.54, 1.807) is 17.0 Å². The first-order valence-corrected chi connectivity index (χ1v) is 10.8. The third-order valence-corrected chi connectivity index (χ3v) is 5.89. The zero-order chi connectivity index (χ0) is 22.5. The second-order valence-corrected chi connectivity index (χ2v) is 8.00. The maximum Gasteiger partial charge on any atom is 0.292 e. The van der Waals surface area contributed by atoms with Crippen LogP contribution in [0.15, 0.2) is 42.5 Å². The Bertz CT molecular complexity index is 951. The molecule has 2 saturated heterocycles. The molecule has 0 bridgehead atoms. The van der Waals surface area contributed by atoms with Gasteiger partial charge in [-0.3, -0.25) is 14.9 Å². The molecule has 0 spiro atoms. The summed E-state index contributed by atoms with van der Waals surface area (Å²) in [6, 6.07) is 12.9. The van der Waals surface area contributed by atoms with Gasteiger partial charge >= 0.3 is 0 Å². The van der Waals surface area contributed by atoms with Crippen molar-refractivity contribution in [2.75, 3.05) is 68.9 Å². The Morgan fingerprint density at radius 3 is 2.34 bits per heavy atom. The summed E-state index contributed by atoms with van der Waals surface area (Å²) in [5, 5.41) is 11.5. The molecule has 2 heterocycles. The van der Waals surface area contributed by atoms with Crippen LogP contribution in [0.5, 0.6) is 5.75 Å². The number of benzene rings is 2. The van der Waals surface area contributed by atoms with Gasteiger partial charge in [-0.25, -0.2) is 0 Å². The molecule has 2 aliphatic heterocycles. The van der Waals surface area contributed by atoms with Crippen LogP contribution in [0.1, 0.15) is 5.56 Å². The van der Waals surface area contributed by atoms with Crippen molar-refractivity contribution in [1.82, 2.24) is 4.90 Å². The minimum Gasteiger partial charge on any atom is -0.484 e. The molecule has 0 radical (unpaired) electrons. The monoisotopic (exact) mass is 440 g/mol. The van der Waals surface area contributed by atoms with Crippen LogP contribution < -0.4 is 14.5 Å². The predicted octanol–water partition coefficient (Wildman–Crippen LogP) is 2.47. The molecule has 2 aromatic rings. The minimum absolute atomic E-state index is 0.0156. The summed E-state index contributed by atoms with van der Waals surface area (Å²) >= 11 is 0. The first kappa shape index (κ1) is 21.9. The van der Waals surface area contributed by atoms with Crippen molar-refractivity contribution in [3.8, 4) is 5.75 Å². The first-order chi connectivity index (χ1) is 15.5. The number of carbonyl (C=O) groups excluding carboxylic acids is 1. The molecule has 0 atom stereocenters. The zero-order valence-corrected chi connectivity index (χ0v) is 18.2. The molecule has 2 aromatic carbocycles. The number of nitro groups is 1. The Labute approximate surface area is 187 Å². The fourth-order valence-corrected chi connectivity index (χ4v) is 4.01. The number of piperazine rings is 1. The van der Waals surface area contributed by atoms with Crippen molar-refractivity contribution in [2.24, 2.45) is 0 Å². The Balaban J connectivity index is 1.36. The molecule has 0 saturated carbocycles. The van der Waals surface area contributed by atoms with Crippen LogP contribution in [-0.4, -0.2) is 74.8 Å². The highest BCUT2D eigenvalue weighted by molar-refractivity contribution is 5.78. The lowest BCUT2D eigenvalue weighted by atomic mass is 10.1. The van der Waals surface area contributed by atoms with E-state index < -0.39 is 0 Å². The molecule has 2 fully saturated rings. The number of nitrogens with zero attached hydrogens (tertiary/aromatic N) is 4. The summed E-state index contributed by atoms with van der Waals surface area (Å²) in [5.41, 5.74) is 2.81. The number of aryl methyl sites for hydroxylation is 1. The topological polar surface area (TPSA) is 88.4 Å². The van der Waals surface area contributed by atoms with E-state index in [1.807, 2.05) is 42.2 Å². The van der Waals surface area contributed by atoms with Gasteiger partial charge in [-0.1, -0.05) is 17.7 Å². The van der Waals surface area contributed by atoms with E-state index in [0.717, 1.165) is 11.3 Å². The Hall–Kier alpha value is -3.33. The van der Waals surface area contributed by atoms with Crippen LogP contribution >= 0.6 is 0 Å². The third kappa shape index (κ3) is 5.11. The molecule has 0 unspecified atom stereocenters. The first-order valence-electron chi connectivity index (χ1n) is 10.8. The highest BCUT2D eigenvalue weighted by Gasteiger charge is 2.26. The van der Waals surface area contributed by atoms with E-state index in [1.165, 1.54) is 0 Å². The minimum atomic E-state index is -0.334. The van der Waals surface area contributed by atoms with Crippen molar-refractivity contribution in [1.29, 1.82) is 0 Å². The SMILES string of the molecule is Cc1ccc(OCC(=O)N2CCN(c3ccc([N+](=O)[O-])c(N4CCOCC4)c3)CC2)cc1. The van der Waals surface area contributed by atoms with E-state index in [9.17, 15) is 14.9 Å². The number of carbonyl (C=O) groups is 1. The van der Waals surface area contributed by atoms with Gasteiger partial charge in [0.05, 0.1) is 18.1 Å². The van der Waals surface area contributed by atoms with Crippen molar-refractivity contribution >= 4 is 23.0 Å². The van der Waals surface area contributed by atoms with Gasteiger partial charge in [-0.05, 0) is 31.2 Å². The van der Waals surface area contributed by atoms with Crippen LogP contribution in [0.3, 0.4) is 0 Å². The Kier molecular flexibility index (Phi) is 6.75. The fraction of sp³-hybridized carbons (Fsp3) is 0.435. The molecule has 1 amide bonds. The van der Waals surface area contributed by atoms with Crippen LogP contribution in [-0.2, 0) is 9.53 Å². The maximum absolute atomic E-state index is 12.6. The number of ether oxygens (including phenoxy) is 2. The molecule has 0 aromatic heterocycles. The number of hydrogen-bond acceptors (Lipinski definition) is 7. The third-order valence-electron chi connectivity index (χ3n) is 5.89. The van der Waals surface area contributed by atoms with E-state index >= 15 is 0 Å². The van der Waals surface area contributed by atoms with Crippen molar-refractivity contribution < 1.29 is 19.2 Å². The molecule has 2 aliphatic rings. The van der Waals surface area contributed by atoms with Gasteiger partial charge in [-0.2, -0.15) is 0 Å². The summed E-state index contributed by atoms with van der Waals surface area (Å²) < 4.78 is 11.0. The van der Waals surface area contributed by atoms with Crippen molar-refractivity contribution in [3.05, 3.63) is 58.1 Å². The summed E-state index contributed by atoms with van der Waals surface area (Å²) in [4.78, 5) is 29.7. The zero-order valence-electron chi connectivity index (χ0n) is 18.2. The number of nitro benzene ring substituents is 1. The number of amides is 1. The smallest absolute Gasteiger partial charge is 0.292 e.